The van der Waals surface area contributed by atoms with Crippen LogP contribution in [0.4, 0.5) is 19.0 Å². The second-order valence-corrected chi connectivity index (χ2v) is 5.90. The predicted octanol–water partition coefficient (Wildman–Crippen LogP) is 4.86. The molecule has 5 nitrogen and oxygen atoms in total. The van der Waals surface area contributed by atoms with Crippen molar-refractivity contribution in [2.24, 2.45) is 4.36 Å². The van der Waals surface area contributed by atoms with E-state index in [2.05, 4.69) is 25.4 Å². The molecule has 0 atom stereocenters. The van der Waals surface area contributed by atoms with E-state index in [9.17, 15) is 17.4 Å². The molecule has 0 aliphatic heterocycles. The minimum Gasteiger partial charge on any atom is -0.209 e. The van der Waals surface area contributed by atoms with Crippen LogP contribution < -0.4 is 0 Å². The van der Waals surface area contributed by atoms with Gasteiger partial charge in [0.2, 0.25) is 11.5 Å². The molecule has 0 aliphatic rings. The smallest absolute Gasteiger partial charge is 0.209 e. The van der Waals surface area contributed by atoms with E-state index < -0.39 is 11.7 Å². The highest BCUT2D eigenvalue weighted by Gasteiger charge is 2.33. The maximum absolute atomic E-state index is 12.8. The summed E-state index contributed by atoms with van der Waals surface area (Å²) in [5.41, 5.74) is -1.30. The summed E-state index contributed by atoms with van der Waals surface area (Å²) >= 11 is 14.6. The molecule has 2 rings (SSSR count). The predicted molar refractivity (Wildman–Crippen MR) is 81.2 cm³/mol. The van der Waals surface area contributed by atoms with Crippen molar-refractivity contribution in [3.63, 3.8) is 0 Å². The van der Waals surface area contributed by atoms with Gasteiger partial charge in [-0.15, -0.1) is 4.36 Å². The van der Waals surface area contributed by atoms with Crippen molar-refractivity contribution < 1.29 is 17.4 Å². The van der Waals surface area contributed by atoms with Crippen molar-refractivity contribution in [3.05, 3.63) is 37.9 Å². The van der Waals surface area contributed by atoms with Gasteiger partial charge in [-0.05, 0) is 28.1 Å². The van der Waals surface area contributed by atoms with Crippen LogP contribution in [0.25, 0.3) is 5.69 Å². The van der Waals surface area contributed by atoms with Gasteiger partial charge in [0.05, 0.1) is 15.6 Å². The van der Waals surface area contributed by atoms with Crippen LogP contribution in [0.3, 0.4) is 0 Å². The summed E-state index contributed by atoms with van der Waals surface area (Å²) < 4.78 is 53.5. The van der Waals surface area contributed by atoms with Gasteiger partial charge >= 0.3 is 6.18 Å². The first-order chi connectivity index (χ1) is 10.7. The molecule has 0 saturated heterocycles. The van der Waals surface area contributed by atoms with Crippen molar-refractivity contribution in [2.75, 3.05) is 0 Å². The topological polar surface area (TPSA) is 71.0 Å². The van der Waals surface area contributed by atoms with Crippen molar-refractivity contribution in [1.29, 1.82) is 5.26 Å². The highest BCUT2D eigenvalue weighted by molar-refractivity contribution is 9.10. The second kappa shape index (κ2) is 6.60. The molecular formula is C11H2BrCl2F3N4OS. The van der Waals surface area contributed by atoms with Crippen LogP contribution in [0.2, 0.25) is 10.0 Å². The number of nitrogens with zero attached hydrogens (tertiary/aromatic N) is 4. The van der Waals surface area contributed by atoms with E-state index >= 15 is 0 Å². The lowest BCUT2D eigenvalue weighted by atomic mass is 10.2. The Hall–Kier alpha value is -1.41. The highest BCUT2D eigenvalue weighted by Crippen LogP contribution is 2.40. The number of hydrogen-bond donors (Lipinski definition) is 0. The fraction of sp³-hybridized carbons (Fsp3) is 0.0909. The van der Waals surface area contributed by atoms with Crippen molar-refractivity contribution in [2.45, 2.75) is 6.18 Å². The van der Waals surface area contributed by atoms with Crippen molar-refractivity contribution >= 4 is 56.4 Å². The summed E-state index contributed by atoms with van der Waals surface area (Å²) in [7, 11) is 0. The SMILES string of the molecule is N#Cc1nn(-c2c(Cl)cc(C(F)(F)F)cc2Cl)c(N=S=O)c1Br. The Morgan fingerprint density at radius 3 is 2.35 bits per heavy atom. The van der Waals surface area contributed by atoms with Gasteiger partial charge < -0.3 is 0 Å². The number of hydrogen-bond acceptors (Lipinski definition) is 4. The van der Waals surface area contributed by atoms with E-state index in [1.54, 1.807) is 6.07 Å². The van der Waals surface area contributed by atoms with Gasteiger partial charge in [0.15, 0.2) is 11.5 Å². The Morgan fingerprint density at radius 1 is 1.35 bits per heavy atom. The van der Waals surface area contributed by atoms with Crippen LogP contribution in [0.15, 0.2) is 21.0 Å². The first-order valence-electron chi connectivity index (χ1n) is 5.46. The van der Waals surface area contributed by atoms with Crippen LogP contribution in [0, 0.1) is 11.3 Å². The van der Waals surface area contributed by atoms with E-state index in [1.165, 1.54) is 0 Å². The Labute approximate surface area is 149 Å². The van der Waals surface area contributed by atoms with E-state index in [4.69, 9.17) is 28.5 Å². The first kappa shape index (κ1) is 17.9. The van der Waals surface area contributed by atoms with Gasteiger partial charge in [0.25, 0.3) is 0 Å². The van der Waals surface area contributed by atoms with Gasteiger partial charge in [-0.25, -0.2) is 4.68 Å². The Morgan fingerprint density at radius 2 is 1.91 bits per heavy atom. The van der Waals surface area contributed by atoms with Gasteiger partial charge in [-0.3, -0.25) is 0 Å². The number of nitriles is 1. The second-order valence-electron chi connectivity index (χ2n) is 3.96. The molecule has 0 spiro atoms. The average molecular weight is 446 g/mol. The molecule has 0 saturated carbocycles. The third-order valence-electron chi connectivity index (χ3n) is 2.59. The van der Waals surface area contributed by atoms with Crippen LogP contribution in [0.5, 0.6) is 0 Å². The summed E-state index contributed by atoms with van der Waals surface area (Å²) in [5, 5.41) is 12.1. The van der Waals surface area contributed by atoms with Crippen LogP contribution in [-0.2, 0) is 17.6 Å². The molecule has 0 amide bonds. The number of alkyl halides is 3. The summed E-state index contributed by atoms with van der Waals surface area (Å²) in [5.74, 6) is -0.106. The molecule has 23 heavy (non-hydrogen) atoms. The third-order valence-corrected chi connectivity index (χ3v) is 4.14. The number of halogens is 6. The summed E-state index contributed by atoms with van der Waals surface area (Å²) in [6.07, 6.45) is -4.63. The van der Waals surface area contributed by atoms with Gasteiger partial charge in [-0.2, -0.15) is 27.7 Å². The lowest BCUT2D eigenvalue weighted by Gasteiger charge is -2.12. The average Bonchev–Trinajstić information content (AvgIpc) is 2.75. The van der Waals surface area contributed by atoms with Gasteiger partial charge in [0, 0.05) is 0 Å². The number of rotatable bonds is 2. The number of aromatic nitrogens is 2. The Balaban J connectivity index is 2.78. The molecule has 12 heteroatoms. The van der Waals surface area contributed by atoms with Gasteiger partial charge in [0.1, 0.15) is 16.2 Å². The maximum atomic E-state index is 12.8. The molecule has 1 aromatic carbocycles. The van der Waals surface area contributed by atoms with E-state index in [0.717, 1.165) is 4.68 Å². The fourth-order valence-corrected chi connectivity index (χ4v) is 3.09. The Bertz CT molecular complexity index is 864. The summed E-state index contributed by atoms with van der Waals surface area (Å²) in [6.45, 7) is 0. The van der Waals surface area contributed by atoms with E-state index in [-0.39, 0.29) is 43.2 Å². The standard InChI is InChI=1S/C11H2BrCl2F3N4OS/c12-8-7(3-18)19-21(10(8)20-23-22)9-5(13)1-4(2-6(9)14)11(15,16)17/h1-2H. The molecule has 120 valence electrons. The normalized spacial score (nSPS) is 11.2. The fourth-order valence-electron chi connectivity index (χ4n) is 1.66. The molecule has 1 heterocycles. The lowest BCUT2D eigenvalue weighted by molar-refractivity contribution is -0.137. The molecular weight excluding hydrogens is 444 g/mol. The molecule has 0 aliphatic carbocycles. The quantitative estimate of drug-likeness (QED) is 0.662. The largest absolute Gasteiger partial charge is 0.416 e. The summed E-state index contributed by atoms with van der Waals surface area (Å²) in [4.78, 5) is 0. The summed E-state index contributed by atoms with van der Waals surface area (Å²) in [6, 6.07) is 3.07. The zero-order valence-corrected chi connectivity index (χ0v) is 14.4. The van der Waals surface area contributed by atoms with E-state index in [0.29, 0.717) is 12.1 Å². The van der Waals surface area contributed by atoms with Crippen LogP contribution in [0.1, 0.15) is 11.3 Å². The maximum Gasteiger partial charge on any atom is 0.416 e. The molecule has 0 fully saturated rings. The molecule has 0 unspecified atom stereocenters. The first-order valence-corrected chi connectivity index (χ1v) is 7.70. The molecule has 2 aromatic rings. The molecule has 1 aromatic heterocycles. The monoisotopic (exact) mass is 444 g/mol. The van der Waals surface area contributed by atoms with Crippen LogP contribution >= 0.6 is 39.1 Å². The highest BCUT2D eigenvalue weighted by atomic mass is 79.9. The third kappa shape index (κ3) is 3.42. The molecule has 0 N–H and O–H groups in total. The zero-order chi connectivity index (χ0) is 17.4. The van der Waals surface area contributed by atoms with Crippen molar-refractivity contribution in [3.8, 4) is 11.8 Å². The van der Waals surface area contributed by atoms with Crippen LogP contribution in [-0.4, -0.2) is 14.0 Å². The van der Waals surface area contributed by atoms with E-state index in [1.807, 2.05) is 0 Å². The molecule has 0 bridgehead atoms. The zero-order valence-electron chi connectivity index (χ0n) is 10.5. The van der Waals surface area contributed by atoms with Gasteiger partial charge in [-0.1, -0.05) is 23.2 Å². The lowest BCUT2D eigenvalue weighted by Crippen LogP contribution is -2.07. The minimum atomic E-state index is -4.63. The number of benzene rings is 1. The minimum absolute atomic E-state index is 0.0929. The Kier molecular flexibility index (Phi) is 5.15. The molecule has 0 radical (unpaired) electrons. The van der Waals surface area contributed by atoms with Crippen molar-refractivity contribution in [1.82, 2.24) is 9.78 Å².